The maximum Gasteiger partial charge on any atom is 0.0704 e. The van der Waals surface area contributed by atoms with E-state index in [1.165, 1.54) is 11.1 Å². The van der Waals surface area contributed by atoms with E-state index >= 15 is 0 Å². The predicted octanol–water partition coefficient (Wildman–Crippen LogP) is 19.1. The zero-order valence-electron chi connectivity index (χ0n) is 43.0. The van der Waals surface area contributed by atoms with E-state index in [1.807, 2.05) is 30.7 Å². The molecule has 0 fully saturated rings. The van der Waals surface area contributed by atoms with Crippen molar-refractivity contribution in [3.63, 3.8) is 0 Å². The van der Waals surface area contributed by atoms with Crippen molar-refractivity contribution >= 4 is 0 Å². The minimum Gasteiger partial charge on any atom is -0.256 e. The van der Waals surface area contributed by atoms with Crippen LogP contribution in [0.2, 0.25) is 0 Å². The molecule has 0 saturated carbocycles. The topological polar surface area (TPSA) is 38.7 Å². The third-order valence-corrected chi connectivity index (χ3v) is 14.2. The third-order valence-electron chi connectivity index (χ3n) is 14.2. The molecule has 0 unspecified atom stereocenters. The summed E-state index contributed by atoms with van der Waals surface area (Å²) in [4.78, 5) is 14.3. The van der Waals surface area contributed by atoms with Crippen molar-refractivity contribution in [3.05, 3.63) is 260 Å². The Balaban J connectivity index is 1.07. The largest absolute Gasteiger partial charge is 0.256 e. The van der Waals surface area contributed by atoms with Gasteiger partial charge >= 0.3 is 0 Å². The molecule has 0 aliphatic heterocycles. The van der Waals surface area contributed by atoms with Gasteiger partial charge in [-0.25, -0.2) is 0 Å². The second-order valence-corrected chi connectivity index (χ2v) is 21.3. The summed E-state index contributed by atoms with van der Waals surface area (Å²) >= 11 is 0. The van der Waals surface area contributed by atoms with Crippen LogP contribution in [0, 0.1) is 0 Å². The molecule has 0 saturated heterocycles. The Morgan fingerprint density at radius 3 is 1.01 bits per heavy atom. The number of benzene rings is 8. The van der Waals surface area contributed by atoms with Gasteiger partial charge in [-0.1, -0.05) is 211 Å². The van der Waals surface area contributed by atoms with Crippen molar-refractivity contribution < 1.29 is 0 Å². The summed E-state index contributed by atoms with van der Waals surface area (Å²) in [5.74, 6) is 0. The summed E-state index contributed by atoms with van der Waals surface area (Å²) in [6.45, 7) is 13.5. The first-order valence-electron chi connectivity index (χ1n) is 25.6. The summed E-state index contributed by atoms with van der Waals surface area (Å²) < 4.78 is 0. The molecule has 11 rings (SSSR count). The summed E-state index contributed by atoms with van der Waals surface area (Å²) in [5, 5.41) is 0. The highest BCUT2D eigenvalue weighted by Gasteiger charge is 2.20. The van der Waals surface area contributed by atoms with Crippen molar-refractivity contribution in [2.75, 3.05) is 0 Å². The Kier molecular flexibility index (Phi) is 12.9. The number of hydrogen-bond donors (Lipinski definition) is 0. The lowest BCUT2D eigenvalue weighted by Crippen LogP contribution is -2.11. The normalized spacial score (nSPS) is 11.6. The lowest BCUT2D eigenvalue weighted by atomic mass is 9.84. The second-order valence-electron chi connectivity index (χ2n) is 21.3. The van der Waals surface area contributed by atoms with Crippen LogP contribution >= 0.6 is 0 Å². The van der Waals surface area contributed by atoms with Gasteiger partial charge in [0, 0.05) is 35.3 Å². The van der Waals surface area contributed by atoms with Crippen LogP contribution in [-0.4, -0.2) is 15.0 Å². The summed E-state index contributed by atoms with van der Waals surface area (Å²) in [7, 11) is 0. The minimum atomic E-state index is 0.0291. The Labute approximate surface area is 437 Å². The van der Waals surface area contributed by atoms with Crippen molar-refractivity contribution in [1.29, 1.82) is 0 Å². The van der Waals surface area contributed by atoms with Gasteiger partial charge in [0.1, 0.15) is 0 Å². The van der Waals surface area contributed by atoms with Crippen LogP contribution in [0.4, 0.5) is 0 Å². The maximum atomic E-state index is 4.79. The van der Waals surface area contributed by atoms with Crippen LogP contribution in [0.25, 0.3) is 112 Å². The van der Waals surface area contributed by atoms with Gasteiger partial charge in [-0.2, -0.15) is 0 Å². The molecule has 0 radical (unpaired) electrons. The first kappa shape index (κ1) is 47.5. The smallest absolute Gasteiger partial charge is 0.0704 e. The van der Waals surface area contributed by atoms with E-state index in [0.717, 1.165) is 112 Å². The molecule has 11 aromatic rings. The van der Waals surface area contributed by atoms with Crippen LogP contribution in [-0.2, 0) is 10.8 Å². The van der Waals surface area contributed by atoms with Crippen molar-refractivity contribution in [3.8, 4) is 112 Å². The number of hydrogen-bond acceptors (Lipinski definition) is 3. The van der Waals surface area contributed by atoms with Gasteiger partial charge in [-0.3, -0.25) is 15.0 Å². The summed E-state index contributed by atoms with van der Waals surface area (Å²) in [5.41, 5.74) is 24.9. The molecule has 3 nitrogen and oxygen atoms in total. The number of nitrogens with zero attached hydrogens (tertiary/aromatic N) is 3. The van der Waals surface area contributed by atoms with Crippen molar-refractivity contribution in [2.24, 2.45) is 0 Å². The van der Waals surface area contributed by atoms with Crippen molar-refractivity contribution in [1.82, 2.24) is 15.0 Å². The Hall–Kier alpha value is -8.79. The molecule has 0 amide bonds. The van der Waals surface area contributed by atoms with Crippen LogP contribution in [0.5, 0.6) is 0 Å². The summed E-state index contributed by atoms with van der Waals surface area (Å²) in [6, 6.07) is 83.8. The van der Waals surface area contributed by atoms with E-state index in [9.17, 15) is 0 Å². The summed E-state index contributed by atoms with van der Waals surface area (Å²) in [6.07, 6.45) is 5.72. The first-order chi connectivity index (χ1) is 35.9. The molecule has 0 spiro atoms. The first-order valence-corrected chi connectivity index (χ1v) is 25.6. The fraction of sp³-hybridized carbons (Fsp3) is 0.113. The van der Waals surface area contributed by atoms with E-state index in [0.29, 0.717) is 0 Å². The average molecular weight is 954 g/mol. The minimum absolute atomic E-state index is 0.0291. The standard InChI is InChI=1S/C71H59N3/c1-70(2,3)57-37-40-73-68(46-57)51-31-27-49(28-32-51)59-20-10-12-22-61(59)54-42-55(62-23-13-11-21-60(62)50-29-33-52(34-30-50)69-47-58(38-41-74-69)71(4,5)6)44-56(43-54)63-24-14-15-25-64(63)65-36-35-53(67-26-16-17-39-72-67)45-66(65)48-18-8-7-9-19-48/h7-47H,1-6H3. The fourth-order valence-corrected chi connectivity index (χ4v) is 10.1. The molecule has 8 aromatic carbocycles. The van der Waals surface area contributed by atoms with Gasteiger partial charge in [0.05, 0.1) is 17.1 Å². The Morgan fingerprint density at radius 2 is 0.568 bits per heavy atom. The van der Waals surface area contributed by atoms with Crippen LogP contribution in [0.15, 0.2) is 249 Å². The molecule has 3 heteroatoms. The highest BCUT2D eigenvalue weighted by molar-refractivity contribution is 5.97. The fourth-order valence-electron chi connectivity index (χ4n) is 10.1. The molecule has 0 bridgehead atoms. The van der Waals surface area contributed by atoms with E-state index in [4.69, 9.17) is 15.0 Å². The van der Waals surface area contributed by atoms with E-state index < -0.39 is 0 Å². The molecular weight excluding hydrogens is 895 g/mol. The lowest BCUT2D eigenvalue weighted by Gasteiger charge is -2.20. The highest BCUT2D eigenvalue weighted by Crippen LogP contribution is 2.45. The molecule has 74 heavy (non-hydrogen) atoms. The van der Waals surface area contributed by atoms with Gasteiger partial charge < -0.3 is 0 Å². The molecule has 0 atom stereocenters. The van der Waals surface area contributed by atoms with Gasteiger partial charge in [0.15, 0.2) is 0 Å². The SMILES string of the molecule is CC(C)(C)c1ccnc(-c2ccc(-c3ccccc3-c3cc(-c4ccccc4-c4ccc(-c5cc(C(C)(C)C)ccn5)cc4)cc(-c4ccccc4-c4ccc(-c5ccccn5)cc4-c4ccccc4)c3)cc2)c1. The van der Waals surface area contributed by atoms with E-state index in [2.05, 4.69) is 260 Å². The maximum absolute atomic E-state index is 4.79. The molecule has 0 aliphatic rings. The number of pyridine rings is 3. The zero-order valence-corrected chi connectivity index (χ0v) is 43.0. The lowest BCUT2D eigenvalue weighted by molar-refractivity contribution is 0.589. The Morgan fingerprint density at radius 1 is 0.216 bits per heavy atom. The third kappa shape index (κ3) is 9.90. The van der Waals surface area contributed by atoms with Gasteiger partial charge in [0.25, 0.3) is 0 Å². The monoisotopic (exact) mass is 953 g/mol. The number of rotatable bonds is 10. The quantitative estimate of drug-likeness (QED) is 0.137. The van der Waals surface area contributed by atoms with Crippen LogP contribution in [0.3, 0.4) is 0 Å². The molecule has 358 valence electrons. The molecule has 0 aliphatic carbocycles. The van der Waals surface area contributed by atoms with Gasteiger partial charge in [-0.15, -0.1) is 0 Å². The highest BCUT2D eigenvalue weighted by atomic mass is 14.7. The Bertz CT molecular complexity index is 3600. The molecular formula is C71H59N3. The van der Waals surface area contributed by atoms with Gasteiger partial charge in [0.2, 0.25) is 0 Å². The molecule has 3 heterocycles. The second kappa shape index (κ2) is 20.0. The van der Waals surface area contributed by atoms with Crippen LogP contribution in [0.1, 0.15) is 52.7 Å². The molecule has 0 N–H and O–H groups in total. The predicted molar refractivity (Wildman–Crippen MR) is 312 cm³/mol. The van der Waals surface area contributed by atoms with Crippen molar-refractivity contribution in [2.45, 2.75) is 52.4 Å². The van der Waals surface area contributed by atoms with E-state index in [-0.39, 0.29) is 10.8 Å². The molecule has 3 aromatic heterocycles. The van der Waals surface area contributed by atoms with Crippen LogP contribution < -0.4 is 0 Å². The average Bonchev–Trinajstić information content (AvgIpc) is 3.45. The van der Waals surface area contributed by atoms with E-state index in [1.54, 1.807) is 0 Å². The zero-order chi connectivity index (χ0) is 50.8. The number of aromatic nitrogens is 3. The van der Waals surface area contributed by atoms with Gasteiger partial charge in [-0.05, 0) is 161 Å².